The molecule has 0 aliphatic rings. The second kappa shape index (κ2) is 8.06. The number of aromatic nitrogens is 2. The highest BCUT2D eigenvalue weighted by Gasteiger charge is 2.12. The van der Waals surface area contributed by atoms with Gasteiger partial charge in [0.25, 0.3) is 5.91 Å². The van der Waals surface area contributed by atoms with Crippen molar-refractivity contribution in [3.63, 3.8) is 0 Å². The van der Waals surface area contributed by atoms with Crippen LogP contribution in [0.1, 0.15) is 35.8 Å². The van der Waals surface area contributed by atoms with E-state index in [1.807, 2.05) is 37.1 Å². The summed E-state index contributed by atoms with van der Waals surface area (Å²) in [5.74, 6) is 0.316. The first-order valence-corrected chi connectivity index (χ1v) is 8.42. The third kappa shape index (κ3) is 4.76. The molecule has 6 heteroatoms. The zero-order valence-corrected chi connectivity index (χ0v) is 15.2. The van der Waals surface area contributed by atoms with E-state index in [2.05, 4.69) is 38.1 Å². The van der Waals surface area contributed by atoms with E-state index >= 15 is 0 Å². The lowest BCUT2D eigenvalue weighted by molar-refractivity contribution is 0.102. The average Bonchev–Trinajstić information content (AvgIpc) is 2.55. The molecule has 0 fully saturated rings. The van der Waals surface area contributed by atoms with Crippen LogP contribution in [0.3, 0.4) is 0 Å². The predicted octanol–water partition coefficient (Wildman–Crippen LogP) is 4.04. The molecule has 0 spiro atoms. The number of anilines is 2. The standard InChI is InChI=1S/C17H21BrN4O/c1-4-5-10-22(3)17-19-9-8-15(21-17)16(23)20-14-7-6-12(2)11-13(14)18/h6-9,11H,4-5,10H2,1-3H3,(H,20,23). The number of carbonyl (C=O) groups excluding carboxylic acids is 1. The summed E-state index contributed by atoms with van der Waals surface area (Å²) < 4.78 is 0.847. The third-order valence-electron chi connectivity index (χ3n) is 3.44. The molecule has 23 heavy (non-hydrogen) atoms. The van der Waals surface area contributed by atoms with Gasteiger partial charge in [0.2, 0.25) is 5.95 Å². The topological polar surface area (TPSA) is 58.1 Å². The summed E-state index contributed by atoms with van der Waals surface area (Å²) in [6, 6.07) is 7.39. The molecule has 1 N–H and O–H groups in total. The van der Waals surface area contributed by atoms with Crippen LogP contribution in [0, 0.1) is 6.92 Å². The molecular weight excluding hydrogens is 356 g/mol. The Balaban J connectivity index is 2.13. The highest BCUT2D eigenvalue weighted by Crippen LogP contribution is 2.23. The van der Waals surface area contributed by atoms with Gasteiger partial charge in [0, 0.05) is 24.3 Å². The zero-order valence-electron chi connectivity index (χ0n) is 13.6. The molecule has 0 radical (unpaired) electrons. The Kier molecular flexibility index (Phi) is 6.10. The van der Waals surface area contributed by atoms with Gasteiger partial charge in [-0.2, -0.15) is 0 Å². The SMILES string of the molecule is CCCCN(C)c1nccc(C(=O)Nc2ccc(C)cc2Br)n1. The van der Waals surface area contributed by atoms with Crippen LogP contribution >= 0.6 is 15.9 Å². The molecule has 1 amide bonds. The van der Waals surface area contributed by atoms with Crippen LogP contribution in [0.4, 0.5) is 11.6 Å². The fourth-order valence-electron chi connectivity index (χ4n) is 2.06. The largest absolute Gasteiger partial charge is 0.344 e. The van der Waals surface area contributed by atoms with Crippen LogP contribution in [0.2, 0.25) is 0 Å². The van der Waals surface area contributed by atoms with Crippen molar-refractivity contribution in [2.75, 3.05) is 23.8 Å². The van der Waals surface area contributed by atoms with Gasteiger partial charge in [0.15, 0.2) is 0 Å². The van der Waals surface area contributed by atoms with Gasteiger partial charge >= 0.3 is 0 Å². The summed E-state index contributed by atoms with van der Waals surface area (Å²) in [7, 11) is 1.93. The molecule has 1 heterocycles. The number of benzene rings is 1. The zero-order chi connectivity index (χ0) is 16.8. The number of aryl methyl sites for hydroxylation is 1. The molecule has 0 bridgehead atoms. The minimum absolute atomic E-state index is 0.248. The van der Waals surface area contributed by atoms with Crippen molar-refractivity contribution in [3.8, 4) is 0 Å². The second-order valence-corrected chi connectivity index (χ2v) is 6.31. The molecule has 0 unspecified atom stereocenters. The van der Waals surface area contributed by atoms with Crippen molar-refractivity contribution >= 4 is 33.5 Å². The lowest BCUT2D eigenvalue weighted by Gasteiger charge is -2.16. The number of rotatable bonds is 6. The lowest BCUT2D eigenvalue weighted by atomic mass is 10.2. The Morgan fingerprint density at radius 3 is 2.83 bits per heavy atom. The van der Waals surface area contributed by atoms with Crippen LogP contribution in [0.25, 0.3) is 0 Å². The molecule has 0 saturated heterocycles. The monoisotopic (exact) mass is 376 g/mol. The first-order valence-electron chi connectivity index (χ1n) is 7.63. The van der Waals surface area contributed by atoms with Gasteiger partial charge < -0.3 is 10.2 Å². The van der Waals surface area contributed by atoms with E-state index in [9.17, 15) is 4.79 Å². The highest BCUT2D eigenvalue weighted by molar-refractivity contribution is 9.10. The third-order valence-corrected chi connectivity index (χ3v) is 4.09. The molecule has 1 aromatic heterocycles. The number of amides is 1. The quantitative estimate of drug-likeness (QED) is 0.826. The maximum absolute atomic E-state index is 12.4. The molecule has 0 aliphatic heterocycles. The summed E-state index contributed by atoms with van der Waals surface area (Å²) in [6.07, 6.45) is 3.78. The number of unbranched alkanes of at least 4 members (excludes halogenated alkanes) is 1. The maximum atomic E-state index is 12.4. The van der Waals surface area contributed by atoms with Crippen LogP contribution in [-0.2, 0) is 0 Å². The number of carbonyl (C=O) groups is 1. The summed E-state index contributed by atoms with van der Waals surface area (Å²) in [6.45, 7) is 5.00. The van der Waals surface area contributed by atoms with Crippen molar-refractivity contribution < 1.29 is 4.79 Å². The van der Waals surface area contributed by atoms with Gasteiger partial charge in [0.1, 0.15) is 5.69 Å². The summed E-state index contributed by atoms with van der Waals surface area (Å²) in [4.78, 5) is 23.0. The maximum Gasteiger partial charge on any atom is 0.274 e. The van der Waals surface area contributed by atoms with Crippen LogP contribution in [-0.4, -0.2) is 29.5 Å². The molecule has 2 rings (SSSR count). The number of nitrogens with one attached hydrogen (secondary N) is 1. The number of hydrogen-bond acceptors (Lipinski definition) is 4. The van der Waals surface area contributed by atoms with Crippen molar-refractivity contribution in [1.29, 1.82) is 0 Å². The fourth-order valence-corrected chi connectivity index (χ4v) is 2.65. The molecule has 122 valence electrons. The minimum atomic E-state index is -0.248. The van der Waals surface area contributed by atoms with Gasteiger partial charge in [-0.25, -0.2) is 9.97 Å². The van der Waals surface area contributed by atoms with E-state index in [0.29, 0.717) is 11.6 Å². The highest BCUT2D eigenvalue weighted by atomic mass is 79.9. The number of hydrogen-bond donors (Lipinski definition) is 1. The van der Waals surface area contributed by atoms with Gasteiger partial charge in [-0.15, -0.1) is 0 Å². The molecule has 0 atom stereocenters. The lowest BCUT2D eigenvalue weighted by Crippen LogP contribution is -2.23. The molecule has 1 aromatic carbocycles. The molecule has 0 saturated carbocycles. The Morgan fingerprint density at radius 2 is 2.13 bits per heavy atom. The van der Waals surface area contributed by atoms with Gasteiger partial charge in [-0.1, -0.05) is 19.4 Å². The van der Waals surface area contributed by atoms with E-state index in [0.717, 1.165) is 35.1 Å². The number of nitrogens with zero attached hydrogens (tertiary/aromatic N) is 3. The molecule has 5 nitrogen and oxygen atoms in total. The first-order chi connectivity index (χ1) is 11.0. The van der Waals surface area contributed by atoms with Crippen molar-refractivity contribution in [2.24, 2.45) is 0 Å². The van der Waals surface area contributed by atoms with E-state index in [4.69, 9.17) is 0 Å². The smallest absolute Gasteiger partial charge is 0.274 e. The Hall–Kier alpha value is -1.95. The summed E-state index contributed by atoms with van der Waals surface area (Å²) in [5.41, 5.74) is 2.20. The summed E-state index contributed by atoms with van der Waals surface area (Å²) in [5, 5.41) is 2.87. The Morgan fingerprint density at radius 1 is 1.35 bits per heavy atom. The van der Waals surface area contributed by atoms with Crippen LogP contribution in [0.5, 0.6) is 0 Å². The van der Waals surface area contributed by atoms with Gasteiger partial charge in [0.05, 0.1) is 5.69 Å². The van der Waals surface area contributed by atoms with E-state index in [1.165, 1.54) is 0 Å². The van der Waals surface area contributed by atoms with Crippen molar-refractivity contribution in [1.82, 2.24) is 9.97 Å². The minimum Gasteiger partial charge on any atom is -0.344 e. The molecule has 0 aliphatic carbocycles. The van der Waals surface area contributed by atoms with E-state index < -0.39 is 0 Å². The van der Waals surface area contributed by atoms with Gasteiger partial charge in [-0.3, -0.25) is 4.79 Å². The van der Waals surface area contributed by atoms with E-state index in [-0.39, 0.29) is 5.91 Å². The fraction of sp³-hybridized carbons (Fsp3) is 0.353. The predicted molar refractivity (Wildman–Crippen MR) is 97.0 cm³/mol. The van der Waals surface area contributed by atoms with E-state index in [1.54, 1.807) is 12.3 Å². The van der Waals surface area contributed by atoms with Crippen LogP contribution < -0.4 is 10.2 Å². The normalized spacial score (nSPS) is 10.4. The van der Waals surface area contributed by atoms with Crippen LogP contribution in [0.15, 0.2) is 34.9 Å². The molecular formula is C17H21BrN4O. The van der Waals surface area contributed by atoms with Crippen molar-refractivity contribution in [2.45, 2.75) is 26.7 Å². The van der Waals surface area contributed by atoms with Crippen molar-refractivity contribution in [3.05, 3.63) is 46.2 Å². The average molecular weight is 377 g/mol. The van der Waals surface area contributed by atoms with Gasteiger partial charge in [-0.05, 0) is 53.0 Å². The first kappa shape index (κ1) is 17.4. The Labute approximate surface area is 145 Å². The Bertz CT molecular complexity index is 690. The summed E-state index contributed by atoms with van der Waals surface area (Å²) >= 11 is 3.46. The molecule has 2 aromatic rings. The second-order valence-electron chi connectivity index (χ2n) is 5.45. The number of halogens is 1.